The Labute approximate surface area is 134 Å². The van der Waals surface area contributed by atoms with E-state index in [0.717, 1.165) is 29.8 Å². The molecule has 2 N–H and O–H groups in total. The lowest BCUT2D eigenvalue weighted by molar-refractivity contribution is 0.950. The highest BCUT2D eigenvalue weighted by Crippen LogP contribution is 2.31. The Kier molecular flexibility index (Phi) is 5.26. The molecule has 21 heavy (non-hydrogen) atoms. The molecule has 1 aromatic heterocycles. The van der Waals surface area contributed by atoms with Gasteiger partial charge in [0.25, 0.3) is 0 Å². The number of aryl methyl sites for hydroxylation is 2. The summed E-state index contributed by atoms with van der Waals surface area (Å²) in [4.78, 5) is 8.71. The van der Waals surface area contributed by atoms with E-state index < -0.39 is 0 Å². The standard InChI is InChI=1S/C15H18Cl2N4/c1-4-5-18-15-19-8-10(3)14(21-15)20-13-7-11(16)9(2)6-12(13)17/h6-8H,4-5H2,1-3H3,(H2,18,19,20,21). The molecule has 0 aliphatic carbocycles. The first kappa shape index (κ1) is 15.9. The monoisotopic (exact) mass is 324 g/mol. The normalized spacial score (nSPS) is 10.5. The molecule has 0 saturated heterocycles. The van der Waals surface area contributed by atoms with Gasteiger partial charge in [0.2, 0.25) is 5.95 Å². The first-order valence-electron chi connectivity index (χ1n) is 6.81. The first-order chi connectivity index (χ1) is 10.0. The number of nitrogens with zero attached hydrogens (tertiary/aromatic N) is 2. The van der Waals surface area contributed by atoms with Gasteiger partial charge in [-0.1, -0.05) is 30.1 Å². The maximum atomic E-state index is 6.25. The molecule has 0 atom stereocenters. The minimum Gasteiger partial charge on any atom is -0.354 e. The van der Waals surface area contributed by atoms with Gasteiger partial charge in [0.1, 0.15) is 5.82 Å². The Morgan fingerprint density at radius 3 is 2.57 bits per heavy atom. The van der Waals surface area contributed by atoms with Crippen LogP contribution in [-0.4, -0.2) is 16.5 Å². The summed E-state index contributed by atoms with van der Waals surface area (Å²) in [6.07, 6.45) is 2.79. The van der Waals surface area contributed by atoms with Crippen molar-refractivity contribution in [2.75, 3.05) is 17.2 Å². The molecule has 112 valence electrons. The lowest BCUT2D eigenvalue weighted by Gasteiger charge is -2.13. The van der Waals surface area contributed by atoms with Gasteiger partial charge in [0, 0.05) is 23.3 Å². The van der Waals surface area contributed by atoms with Crippen molar-refractivity contribution in [2.45, 2.75) is 27.2 Å². The smallest absolute Gasteiger partial charge is 0.224 e. The maximum Gasteiger partial charge on any atom is 0.224 e. The average Bonchev–Trinajstić information content (AvgIpc) is 2.45. The van der Waals surface area contributed by atoms with Gasteiger partial charge in [-0.2, -0.15) is 4.98 Å². The number of halogens is 2. The molecule has 0 saturated carbocycles. The molecule has 0 bridgehead atoms. The lowest BCUT2D eigenvalue weighted by Crippen LogP contribution is -2.07. The van der Waals surface area contributed by atoms with Crippen molar-refractivity contribution in [3.05, 3.63) is 39.5 Å². The van der Waals surface area contributed by atoms with Crippen LogP contribution in [0.1, 0.15) is 24.5 Å². The molecule has 0 unspecified atom stereocenters. The van der Waals surface area contributed by atoms with Crippen LogP contribution in [0.15, 0.2) is 18.3 Å². The van der Waals surface area contributed by atoms with Crippen molar-refractivity contribution in [2.24, 2.45) is 0 Å². The van der Waals surface area contributed by atoms with Crippen LogP contribution in [0.5, 0.6) is 0 Å². The molecule has 6 heteroatoms. The third kappa shape index (κ3) is 3.99. The van der Waals surface area contributed by atoms with E-state index >= 15 is 0 Å². The van der Waals surface area contributed by atoms with Crippen LogP contribution in [0.25, 0.3) is 0 Å². The van der Waals surface area contributed by atoms with Gasteiger partial charge >= 0.3 is 0 Å². The fourth-order valence-corrected chi connectivity index (χ4v) is 2.19. The van der Waals surface area contributed by atoms with Crippen molar-refractivity contribution in [3.8, 4) is 0 Å². The maximum absolute atomic E-state index is 6.25. The third-order valence-corrected chi connectivity index (χ3v) is 3.73. The second-order valence-electron chi connectivity index (χ2n) is 4.86. The Bertz CT molecular complexity index is 644. The van der Waals surface area contributed by atoms with Crippen LogP contribution >= 0.6 is 23.2 Å². The molecule has 0 spiro atoms. The van der Waals surface area contributed by atoms with E-state index in [4.69, 9.17) is 23.2 Å². The van der Waals surface area contributed by atoms with Crippen LogP contribution in [0, 0.1) is 13.8 Å². The summed E-state index contributed by atoms with van der Waals surface area (Å²) < 4.78 is 0. The summed E-state index contributed by atoms with van der Waals surface area (Å²) in [6, 6.07) is 3.64. The van der Waals surface area contributed by atoms with Gasteiger partial charge in [-0.15, -0.1) is 0 Å². The Morgan fingerprint density at radius 1 is 1.10 bits per heavy atom. The molecular formula is C15H18Cl2N4. The van der Waals surface area contributed by atoms with Gasteiger partial charge in [-0.25, -0.2) is 4.98 Å². The molecule has 2 rings (SSSR count). The van der Waals surface area contributed by atoms with Crippen LogP contribution in [0.2, 0.25) is 10.0 Å². The highest BCUT2D eigenvalue weighted by atomic mass is 35.5. The zero-order valence-electron chi connectivity index (χ0n) is 12.3. The van der Waals surface area contributed by atoms with E-state index in [9.17, 15) is 0 Å². The van der Waals surface area contributed by atoms with E-state index in [-0.39, 0.29) is 0 Å². The number of anilines is 3. The van der Waals surface area contributed by atoms with E-state index in [1.54, 1.807) is 12.3 Å². The number of aromatic nitrogens is 2. The quantitative estimate of drug-likeness (QED) is 0.815. The van der Waals surface area contributed by atoms with Crippen LogP contribution in [0.3, 0.4) is 0 Å². The molecular weight excluding hydrogens is 307 g/mol. The number of hydrogen-bond donors (Lipinski definition) is 2. The topological polar surface area (TPSA) is 49.8 Å². The Morgan fingerprint density at radius 2 is 1.86 bits per heavy atom. The summed E-state index contributed by atoms with van der Waals surface area (Å²) in [5.74, 6) is 1.31. The molecule has 1 heterocycles. The van der Waals surface area contributed by atoms with E-state index in [0.29, 0.717) is 21.8 Å². The molecule has 0 fully saturated rings. The molecule has 0 amide bonds. The van der Waals surface area contributed by atoms with Crippen LogP contribution in [0.4, 0.5) is 17.5 Å². The summed E-state index contributed by atoms with van der Waals surface area (Å²) in [6.45, 7) is 6.78. The molecule has 2 aromatic rings. The predicted molar refractivity (Wildman–Crippen MR) is 90.0 cm³/mol. The van der Waals surface area contributed by atoms with Gasteiger partial charge in [0.15, 0.2) is 0 Å². The highest BCUT2D eigenvalue weighted by molar-refractivity contribution is 6.35. The summed E-state index contributed by atoms with van der Waals surface area (Å²) >= 11 is 12.4. The van der Waals surface area contributed by atoms with E-state index in [1.165, 1.54) is 0 Å². The SMILES string of the molecule is CCCNc1ncc(C)c(Nc2cc(Cl)c(C)cc2Cl)n1. The van der Waals surface area contributed by atoms with Crippen molar-refractivity contribution in [1.29, 1.82) is 0 Å². The number of benzene rings is 1. The van der Waals surface area contributed by atoms with Gasteiger partial charge in [0.05, 0.1) is 10.7 Å². The molecule has 1 aromatic carbocycles. The summed E-state index contributed by atoms with van der Waals surface area (Å²) in [5, 5.41) is 7.65. The van der Waals surface area contributed by atoms with Gasteiger partial charge in [-0.3, -0.25) is 0 Å². The minimum atomic E-state index is 0.597. The first-order valence-corrected chi connectivity index (χ1v) is 7.57. The van der Waals surface area contributed by atoms with Crippen LogP contribution < -0.4 is 10.6 Å². The highest BCUT2D eigenvalue weighted by Gasteiger charge is 2.09. The van der Waals surface area contributed by atoms with Gasteiger partial charge in [-0.05, 0) is 38.0 Å². The fraction of sp³-hybridized carbons (Fsp3) is 0.333. The molecule has 0 aliphatic heterocycles. The minimum absolute atomic E-state index is 0.597. The predicted octanol–water partition coefficient (Wildman–Crippen LogP) is 4.97. The molecule has 0 radical (unpaired) electrons. The zero-order chi connectivity index (χ0) is 15.4. The fourth-order valence-electron chi connectivity index (χ4n) is 1.76. The molecule has 4 nitrogen and oxygen atoms in total. The van der Waals surface area contributed by atoms with Crippen molar-refractivity contribution in [1.82, 2.24) is 9.97 Å². The summed E-state index contributed by atoms with van der Waals surface area (Å²) in [7, 11) is 0. The Hall–Kier alpha value is -1.52. The van der Waals surface area contributed by atoms with Gasteiger partial charge < -0.3 is 10.6 Å². The Balaban J connectivity index is 2.28. The van der Waals surface area contributed by atoms with Crippen molar-refractivity contribution >= 4 is 40.7 Å². The van der Waals surface area contributed by atoms with E-state index in [2.05, 4.69) is 27.5 Å². The average molecular weight is 325 g/mol. The number of nitrogens with one attached hydrogen (secondary N) is 2. The second kappa shape index (κ2) is 6.96. The third-order valence-electron chi connectivity index (χ3n) is 3.01. The zero-order valence-corrected chi connectivity index (χ0v) is 13.8. The number of rotatable bonds is 5. The largest absolute Gasteiger partial charge is 0.354 e. The van der Waals surface area contributed by atoms with Crippen LogP contribution in [-0.2, 0) is 0 Å². The van der Waals surface area contributed by atoms with Crippen molar-refractivity contribution in [3.63, 3.8) is 0 Å². The van der Waals surface area contributed by atoms with Crippen molar-refractivity contribution < 1.29 is 0 Å². The van der Waals surface area contributed by atoms with E-state index in [1.807, 2.05) is 19.9 Å². The summed E-state index contributed by atoms with van der Waals surface area (Å²) in [5.41, 5.74) is 2.61. The second-order valence-corrected chi connectivity index (χ2v) is 5.67. The lowest BCUT2D eigenvalue weighted by atomic mass is 10.2. The number of hydrogen-bond acceptors (Lipinski definition) is 4. The molecule has 0 aliphatic rings.